The van der Waals surface area contributed by atoms with Crippen molar-refractivity contribution in [2.24, 2.45) is 5.92 Å². The van der Waals surface area contributed by atoms with Gasteiger partial charge in [0.2, 0.25) is 0 Å². The lowest BCUT2D eigenvalue weighted by atomic mass is 9.96. The van der Waals surface area contributed by atoms with E-state index in [9.17, 15) is 4.79 Å². The van der Waals surface area contributed by atoms with Crippen LogP contribution in [0.25, 0.3) is 0 Å². The first-order valence-corrected chi connectivity index (χ1v) is 9.15. The molecule has 0 saturated carbocycles. The number of rotatable bonds is 8. The zero-order valence-electron chi connectivity index (χ0n) is 15.0. The van der Waals surface area contributed by atoms with E-state index in [0.29, 0.717) is 23.1 Å². The third-order valence-corrected chi connectivity index (χ3v) is 4.31. The Morgan fingerprint density at radius 1 is 1.08 bits per heavy atom. The molecule has 0 unspecified atom stereocenters. The molecule has 2 rings (SSSR count). The Morgan fingerprint density at radius 3 is 2.32 bits per heavy atom. The van der Waals surface area contributed by atoms with Gasteiger partial charge < -0.3 is 10.1 Å². The molecule has 0 bridgehead atoms. The van der Waals surface area contributed by atoms with Crippen molar-refractivity contribution in [3.8, 4) is 5.75 Å². The molecule has 25 heavy (non-hydrogen) atoms. The fourth-order valence-electron chi connectivity index (χ4n) is 2.72. The number of para-hydroxylation sites is 1. The van der Waals surface area contributed by atoms with E-state index in [1.807, 2.05) is 49.4 Å². The van der Waals surface area contributed by atoms with Gasteiger partial charge in [0.25, 0.3) is 5.91 Å². The van der Waals surface area contributed by atoms with Crippen molar-refractivity contribution in [2.75, 3.05) is 0 Å². The van der Waals surface area contributed by atoms with E-state index in [0.717, 1.165) is 12.0 Å². The Balaban J connectivity index is 2.11. The van der Waals surface area contributed by atoms with Crippen molar-refractivity contribution in [1.29, 1.82) is 0 Å². The first kappa shape index (κ1) is 19.3. The monoisotopic (exact) mass is 359 g/mol. The average molecular weight is 360 g/mol. The van der Waals surface area contributed by atoms with E-state index >= 15 is 0 Å². The molecule has 0 aromatic heterocycles. The van der Waals surface area contributed by atoms with E-state index in [1.54, 1.807) is 12.1 Å². The van der Waals surface area contributed by atoms with Crippen molar-refractivity contribution >= 4 is 17.5 Å². The molecular weight excluding hydrogens is 334 g/mol. The smallest absolute Gasteiger partial charge is 0.261 e. The second-order valence-corrected chi connectivity index (χ2v) is 6.95. The maximum Gasteiger partial charge on any atom is 0.261 e. The van der Waals surface area contributed by atoms with E-state index in [1.165, 1.54) is 0 Å². The second kappa shape index (κ2) is 9.47. The number of ether oxygens (including phenoxy) is 1. The maximum atomic E-state index is 12.8. The minimum Gasteiger partial charge on any atom is -0.479 e. The van der Waals surface area contributed by atoms with Gasteiger partial charge in [0.15, 0.2) is 6.10 Å². The van der Waals surface area contributed by atoms with Crippen molar-refractivity contribution in [1.82, 2.24) is 5.32 Å². The topological polar surface area (TPSA) is 38.3 Å². The zero-order valence-corrected chi connectivity index (χ0v) is 15.8. The van der Waals surface area contributed by atoms with E-state index in [2.05, 4.69) is 19.2 Å². The van der Waals surface area contributed by atoms with E-state index in [-0.39, 0.29) is 11.9 Å². The van der Waals surface area contributed by atoms with Gasteiger partial charge in [-0.3, -0.25) is 4.79 Å². The van der Waals surface area contributed by atoms with Crippen LogP contribution in [-0.4, -0.2) is 12.0 Å². The standard InChI is InChI=1S/C21H26ClNO2/c1-4-19(25-20-13-9-8-12-17(20)22)21(24)23-18(14-15(2)3)16-10-6-5-7-11-16/h5-13,15,18-19H,4,14H2,1-3H3,(H,23,24)/t18-,19+/m0/s1. The third kappa shape index (κ3) is 5.79. The fraction of sp³-hybridized carbons (Fsp3) is 0.381. The number of carbonyl (C=O) groups excluding carboxylic acids is 1. The first-order valence-electron chi connectivity index (χ1n) is 8.77. The first-order chi connectivity index (χ1) is 12.0. The predicted molar refractivity (Wildman–Crippen MR) is 103 cm³/mol. The van der Waals surface area contributed by atoms with Crippen molar-refractivity contribution < 1.29 is 9.53 Å². The highest BCUT2D eigenvalue weighted by Gasteiger charge is 2.23. The molecule has 0 aliphatic carbocycles. The summed E-state index contributed by atoms with van der Waals surface area (Å²) < 4.78 is 5.85. The van der Waals surface area contributed by atoms with Crippen LogP contribution >= 0.6 is 11.6 Å². The van der Waals surface area contributed by atoms with Crippen LogP contribution in [0.3, 0.4) is 0 Å². The molecule has 3 nitrogen and oxygen atoms in total. The molecule has 0 aliphatic rings. The number of benzene rings is 2. The number of carbonyl (C=O) groups is 1. The van der Waals surface area contributed by atoms with Crippen LogP contribution in [0.15, 0.2) is 54.6 Å². The lowest BCUT2D eigenvalue weighted by molar-refractivity contribution is -0.129. The molecular formula is C21H26ClNO2. The van der Waals surface area contributed by atoms with Gasteiger partial charge in [-0.15, -0.1) is 0 Å². The van der Waals surface area contributed by atoms with Gasteiger partial charge >= 0.3 is 0 Å². The summed E-state index contributed by atoms with van der Waals surface area (Å²) in [5.41, 5.74) is 1.11. The Bertz CT molecular complexity index is 673. The van der Waals surface area contributed by atoms with Gasteiger partial charge in [-0.25, -0.2) is 0 Å². The molecule has 2 aromatic rings. The quantitative estimate of drug-likeness (QED) is 0.685. The number of nitrogens with one attached hydrogen (secondary N) is 1. The number of halogens is 1. The number of hydrogen-bond acceptors (Lipinski definition) is 2. The molecule has 0 fully saturated rings. The summed E-state index contributed by atoms with van der Waals surface area (Å²) in [7, 11) is 0. The maximum absolute atomic E-state index is 12.8. The van der Waals surface area contributed by atoms with Gasteiger partial charge in [-0.1, -0.05) is 74.8 Å². The molecule has 2 aromatic carbocycles. The normalized spacial score (nSPS) is 13.3. The van der Waals surface area contributed by atoms with Crippen molar-refractivity contribution in [3.63, 3.8) is 0 Å². The minimum absolute atomic E-state index is 0.0300. The lowest BCUT2D eigenvalue weighted by Gasteiger charge is -2.24. The van der Waals surface area contributed by atoms with E-state index in [4.69, 9.17) is 16.3 Å². The summed E-state index contributed by atoms with van der Waals surface area (Å²) >= 11 is 6.14. The third-order valence-electron chi connectivity index (χ3n) is 3.99. The molecule has 4 heteroatoms. The largest absolute Gasteiger partial charge is 0.479 e. The van der Waals surface area contributed by atoms with Crippen LogP contribution < -0.4 is 10.1 Å². The molecule has 134 valence electrons. The highest BCUT2D eigenvalue weighted by molar-refractivity contribution is 6.32. The van der Waals surface area contributed by atoms with Crippen LogP contribution in [0.5, 0.6) is 5.75 Å². The number of hydrogen-bond donors (Lipinski definition) is 1. The van der Waals surface area contributed by atoms with Crippen LogP contribution in [-0.2, 0) is 4.79 Å². The zero-order chi connectivity index (χ0) is 18.2. The summed E-state index contributed by atoms with van der Waals surface area (Å²) in [4.78, 5) is 12.8. The molecule has 1 amide bonds. The predicted octanol–water partition coefficient (Wildman–Crippen LogP) is 5.40. The fourth-order valence-corrected chi connectivity index (χ4v) is 2.90. The van der Waals surface area contributed by atoms with Crippen molar-refractivity contribution in [2.45, 2.75) is 45.8 Å². The molecule has 2 atom stereocenters. The van der Waals surface area contributed by atoms with Crippen LogP contribution in [0, 0.1) is 5.92 Å². The van der Waals surface area contributed by atoms with Crippen LogP contribution in [0.4, 0.5) is 0 Å². The summed E-state index contributed by atoms with van der Waals surface area (Å²) in [6, 6.07) is 17.2. The number of amides is 1. The lowest BCUT2D eigenvalue weighted by Crippen LogP contribution is -2.40. The molecule has 0 heterocycles. The van der Waals surface area contributed by atoms with Gasteiger partial charge in [-0.05, 0) is 36.5 Å². The van der Waals surface area contributed by atoms with Crippen LogP contribution in [0.2, 0.25) is 5.02 Å². The Kier molecular flexibility index (Phi) is 7.32. The molecule has 0 aliphatic heterocycles. The van der Waals surface area contributed by atoms with Crippen LogP contribution in [0.1, 0.15) is 45.2 Å². The summed E-state index contributed by atoms with van der Waals surface area (Å²) in [5.74, 6) is 0.887. The van der Waals surface area contributed by atoms with Gasteiger partial charge in [0.1, 0.15) is 5.75 Å². The molecule has 0 radical (unpaired) electrons. The molecule has 0 spiro atoms. The average Bonchev–Trinajstić information content (AvgIpc) is 2.60. The van der Waals surface area contributed by atoms with Gasteiger partial charge in [-0.2, -0.15) is 0 Å². The van der Waals surface area contributed by atoms with E-state index < -0.39 is 6.10 Å². The SMILES string of the molecule is CC[C@@H](Oc1ccccc1Cl)C(=O)N[C@@H](CC(C)C)c1ccccc1. The minimum atomic E-state index is -0.571. The molecule has 1 N–H and O–H groups in total. The summed E-state index contributed by atoms with van der Waals surface area (Å²) in [6.45, 7) is 6.24. The molecule has 0 saturated heterocycles. The van der Waals surface area contributed by atoms with Gasteiger partial charge in [0.05, 0.1) is 11.1 Å². The summed E-state index contributed by atoms with van der Waals surface area (Å²) in [6.07, 6.45) is 0.872. The Labute approximate surface area is 155 Å². The highest BCUT2D eigenvalue weighted by atomic mass is 35.5. The van der Waals surface area contributed by atoms with Gasteiger partial charge in [0, 0.05) is 0 Å². The second-order valence-electron chi connectivity index (χ2n) is 6.55. The Hall–Kier alpha value is -2.00. The van der Waals surface area contributed by atoms with Crippen molar-refractivity contribution in [3.05, 3.63) is 65.2 Å². The Morgan fingerprint density at radius 2 is 1.72 bits per heavy atom. The highest BCUT2D eigenvalue weighted by Crippen LogP contribution is 2.26. The summed E-state index contributed by atoms with van der Waals surface area (Å²) in [5, 5.41) is 3.66.